The minimum absolute atomic E-state index is 0.116. The molecule has 0 heterocycles. The van der Waals surface area contributed by atoms with E-state index in [4.69, 9.17) is 15.4 Å². The van der Waals surface area contributed by atoms with Crippen LogP contribution in [0.5, 0.6) is 0 Å². The molecule has 0 bridgehead atoms. The van der Waals surface area contributed by atoms with E-state index in [-0.39, 0.29) is 6.42 Å². The Bertz CT molecular complexity index is 437. The van der Waals surface area contributed by atoms with Crippen LogP contribution in [0.25, 0.3) is 10.4 Å². The van der Waals surface area contributed by atoms with Gasteiger partial charge in [0, 0.05) is 11.5 Å². The fraction of sp³-hybridized carbons (Fsp3) is 0.750. The Morgan fingerprint density at radius 2 is 1.95 bits per heavy atom. The van der Waals surface area contributed by atoms with Crippen LogP contribution in [0.1, 0.15) is 40.0 Å². The Labute approximate surface area is 122 Å². The van der Waals surface area contributed by atoms with Crippen LogP contribution in [0.15, 0.2) is 5.11 Å². The van der Waals surface area contributed by atoms with Crippen molar-refractivity contribution < 1.29 is 24.2 Å². The normalized spacial score (nSPS) is 12.0. The van der Waals surface area contributed by atoms with Crippen molar-refractivity contribution in [1.82, 2.24) is 5.32 Å². The second-order valence-electron chi connectivity index (χ2n) is 5.31. The second kappa shape index (κ2) is 8.80. The van der Waals surface area contributed by atoms with Gasteiger partial charge in [-0.15, -0.1) is 0 Å². The zero-order valence-electron chi connectivity index (χ0n) is 12.3. The minimum Gasteiger partial charge on any atom is -0.475 e. The van der Waals surface area contributed by atoms with E-state index >= 15 is 0 Å². The number of nitrogens with one attached hydrogen (secondary N) is 1. The van der Waals surface area contributed by atoms with Crippen molar-refractivity contribution >= 4 is 17.8 Å². The van der Waals surface area contributed by atoms with Crippen LogP contribution in [0.4, 0.5) is 4.79 Å². The summed E-state index contributed by atoms with van der Waals surface area (Å²) in [4.78, 5) is 35.5. The number of nitrogens with zero attached hydrogens (tertiary/aromatic N) is 3. The van der Waals surface area contributed by atoms with E-state index in [2.05, 4.69) is 15.3 Å². The van der Waals surface area contributed by atoms with E-state index in [1.165, 1.54) is 0 Å². The topological polar surface area (TPSA) is 141 Å². The molecule has 9 nitrogen and oxygen atoms in total. The molecule has 0 rings (SSSR count). The number of ketones is 1. The molecule has 0 spiro atoms. The Morgan fingerprint density at radius 1 is 1.33 bits per heavy atom. The quantitative estimate of drug-likeness (QED) is 0.232. The molecule has 1 unspecified atom stereocenters. The number of ether oxygens (including phenoxy) is 1. The number of carbonyl (C=O) groups excluding carboxylic acids is 2. The average Bonchev–Trinajstić information content (AvgIpc) is 2.33. The summed E-state index contributed by atoms with van der Waals surface area (Å²) in [6.07, 6.45) is 0.503. The lowest BCUT2D eigenvalue weighted by atomic mass is 10.1. The van der Waals surface area contributed by atoms with Crippen molar-refractivity contribution in [3.63, 3.8) is 0 Å². The number of rotatable bonds is 8. The first-order valence-electron chi connectivity index (χ1n) is 6.45. The molecule has 2 N–H and O–H groups in total. The Morgan fingerprint density at radius 3 is 2.43 bits per heavy atom. The zero-order valence-corrected chi connectivity index (χ0v) is 12.3. The van der Waals surface area contributed by atoms with Crippen LogP contribution >= 0.6 is 0 Å². The van der Waals surface area contributed by atoms with E-state index in [0.29, 0.717) is 19.4 Å². The number of unbranched alkanes of at least 4 members (excludes halogenated alkanes) is 1. The number of carboxylic acid groups (broad SMARTS) is 1. The summed E-state index contributed by atoms with van der Waals surface area (Å²) in [6, 6.07) is -1.21. The molecular formula is C12H20N4O5. The Hall–Kier alpha value is -2.28. The van der Waals surface area contributed by atoms with E-state index in [9.17, 15) is 14.4 Å². The molecule has 0 aliphatic heterocycles. The fourth-order valence-corrected chi connectivity index (χ4v) is 1.41. The van der Waals surface area contributed by atoms with Gasteiger partial charge in [-0.05, 0) is 39.1 Å². The molecule has 0 aliphatic carbocycles. The average molecular weight is 300 g/mol. The van der Waals surface area contributed by atoms with E-state index in [1.807, 2.05) is 0 Å². The van der Waals surface area contributed by atoms with Gasteiger partial charge in [0.15, 0.2) is 0 Å². The molecule has 0 aromatic heterocycles. The van der Waals surface area contributed by atoms with Gasteiger partial charge in [-0.3, -0.25) is 4.79 Å². The van der Waals surface area contributed by atoms with Crippen molar-refractivity contribution in [2.45, 2.75) is 51.7 Å². The maximum Gasteiger partial charge on any atom is 0.407 e. The van der Waals surface area contributed by atoms with Gasteiger partial charge in [-0.1, -0.05) is 11.5 Å². The smallest absolute Gasteiger partial charge is 0.407 e. The molecule has 0 saturated carbocycles. The predicted molar refractivity (Wildman–Crippen MR) is 73.7 cm³/mol. The van der Waals surface area contributed by atoms with Gasteiger partial charge in [0.05, 0.1) is 0 Å². The highest BCUT2D eigenvalue weighted by molar-refractivity contribution is 6.34. The third kappa shape index (κ3) is 9.28. The molecule has 1 amide bonds. The van der Waals surface area contributed by atoms with Crippen LogP contribution in [0, 0.1) is 0 Å². The summed E-state index contributed by atoms with van der Waals surface area (Å²) in [6.45, 7) is 5.55. The van der Waals surface area contributed by atoms with Gasteiger partial charge in [-0.25, -0.2) is 9.59 Å². The molecule has 0 fully saturated rings. The Kier molecular flexibility index (Phi) is 7.85. The van der Waals surface area contributed by atoms with Crippen LogP contribution in [-0.2, 0) is 14.3 Å². The number of hydrogen-bond acceptors (Lipinski definition) is 5. The molecule has 1 atom stereocenters. The molecule has 0 radical (unpaired) electrons. The molecule has 0 aromatic rings. The number of amides is 1. The molecule has 0 saturated heterocycles. The third-order valence-corrected chi connectivity index (χ3v) is 2.28. The zero-order chi connectivity index (χ0) is 16.5. The summed E-state index contributed by atoms with van der Waals surface area (Å²) < 4.78 is 5.03. The van der Waals surface area contributed by atoms with Gasteiger partial charge >= 0.3 is 12.1 Å². The first kappa shape index (κ1) is 18.7. The van der Waals surface area contributed by atoms with Crippen LogP contribution < -0.4 is 5.32 Å². The fourth-order valence-electron chi connectivity index (χ4n) is 1.41. The van der Waals surface area contributed by atoms with E-state index < -0.39 is 29.5 Å². The van der Waals surface area contributed by atoms with Crippen LogP contribution in [0.3, 0.4) is 0 Å². The van der Waals surface area contributed by atoms with Crippen molar-refractivity contribution in [3.05, 3.63) is 10.4 Å². The highest BCUT2D eigenvalue weighted by Crippen LogP contribution is 2.08. The first-order valence-corrected chi connectivity index (χ1v) is 6.45. The van der Waals surface area contributed by atoms with Crippen molar-refractivity contribution in [1.29, 1.82) is 0 Å². The molecule has 0 aromatic carbocycles. The summed E-state index contributed by atoms with van der Waals surface area (Å²) in [5.74, 6) is -2.76. The number of Topliss-reactive ketones (excluding diaryl/α,β-unsaturated/α-hetero) is 1. The number of carbonyl (C=O) groups is 3. The van der Waals surface area contributed by atoms with Crippen molar-refractivity contribution in [2.75, 3.05) is 6.54 Å². The van der Waals surface area contributed by atoms with Crippen molar-refractivity contribution in [2.24, 2.45) is 5.11 Å². The largest absolute Gasteiger partial charge is 0.475 e. The van der Waals surface area contributed by atoms with Gasteiger partial charge in [0.1, 0.15) is 11.6 Å². The third-order valence-electron chi connectivity index (χ3n) is 2.28. The van der Waals surface area contributed by atoms with Crippen LogP contribution in [0.2, 0.25) is 0 Å². The number of aliphatic carboxylic acids is 1. The highest BCUT2D eigenvalue weighted by atomic mass is 16.6. The number of azide groups is 1. The summed E-state index contributed by atoms with van der Waals surface area (Å²) in [5.41, 5.74) is 7.71. The molecule has 9 heteroatoms. The first-order chi connectivity index (χ1) is 9.67. The highest BCUT2D eigenvalue weighted by Gasteiger charge is 2.23. The molecular weight excluding hydrogens is 280 g/mol. The second-order valence-corrected chi connectivity index (χ2v) is 5.31. The lowest BCUT2D eigenvalue weighted by Crippen LogP contribution is -2.33. The maximum atomic E-state index is 11.3. The molecule has 21 heavy (non-hydrogen) atoms. The van der Waals surface area contributed by atoms with Gasteiger partial charge in [0.2, 0.25) is 5.78 Å². The monoisotopic (exact) mass is 300 g/mol. The predicted octanol–water partition coefficient (Wildman–Crippen LogP) is 2.01. The van der Waals surface area contributed by atoms with Gasteiger partial charge in [-0.2, -0.15) is 0 Å². The number of alkyl carbamates (subject to hydrolysis) is 1. The lowest BCUT2D eigenvalue weighted by molar-refractivity contribution is -0.149. The molecule has 118 valence electrons. The van der Waals surface area contributed by atoms with Crippen LogP contribution in [-0.4, -0.2) is 41.1 Å². The van der Waals surface area contributed by atoms with E-state index in [1.54, 1.807) is 20.8 Å². The standard InChI is InChI=1S/C12H20N4O5/c1-12(2,3)21-11(20)14-7-5-4-6-8(15-16-13)9(17)10(18)19/h8H,4-7H2,1-3H3,(H,14,20)(H,18,19). The Balaban J connectivity index is 4.02. The number of carboxylic acids is 1. The minimum atomic E-state index is -1.63. The van der Waals surface area contributed by atoms with Crippen molar-refractivity contribution in [3.8, 4) is 0 Å². The van der Waals surface area contributed by atoms with Gasteiger partial charge < -0.3 is 15.2 Å². The van der Waals surface area contributed by atoms with E-state index in [0.717, 1.165) is 0 Å². The van der Waals surface area contributed by atoms with Gasteiger partial charge in [0.25, 0.3) is 0 Å². The number of hydrogen-bond donors (Lipinski definition) is 2. The lowest BCUT2D eigenvalue weighted by Gasteiger charge is -2.19. The summed E-state index contributed by atoms with van der Waals surface area (Å²) in [7, 11) is 0. The summed E-state index contributed by atoms with van der Waals surface area (Å²) in [5, 5.41) is 14.3. The maximum absolute atomic E-state index is 11.3. The SMILES string of the molecule is CC(C)(C)OC(=O)NCCCCC(N=[N+]=[N-])C(=O)C(=O)O. The molecule has 0 aliphatic rings. The summed E-state index contributed by atoms with van der Waals surface area (Å²) >= 11 is 0.